The quantitative estimate of drug-likeness (QED) is 0.801. The van der Waals surface area contributed by atoms with E-state index >= 15 is 0 Å². The lowest BCUT2D eigenvalue weighted by molar-refractivity contribution is -0.128. The molecule has 0 aromatic rings. The highest BCUT2D eigenvalue weighted by atomic mass is 32.2. The molecule has 16 heavy (non-hydrogen) atoms. The van der Waals surface area contributed by atoms with Gasteiger partial charge in [-0.25, -0.2) is 0 Å². The molecule has 0 radical (unpaired) electrons. The fourth-order valence-electron chi connectivity index (χ4n) is 1.57. The van der Waals surface area contributed by atoms with Crippen molar-refractivity contribution in [2.75, 3.05) is 11.5 Å². The summed E-state index contributed by atoms with van der Waals surface area (Å²) in [4.78, 5) is 11.9. The average Bonchev–Trinajstić information content (AvgIpc) is 2.31. The Morgan fingerprint density at radius 3 is 2.56 bits per heavy atom. The molecule has 0 aromatic heterocycles. The number of carbonyl (C=O) groups excluding carboxylic acids is 1. The van der Waals surface area contributed by atoms with Gasteiger partial charge < -0.3 is 5.32 Å². The minimum Gasteiger partial charge on any atom is -0.352 e. The van der Waals surface area contributed by atoms with E-state index in [1.54, 1.807) is 6.92 Å². The van der Waals surface area contributed by atoms with Crippen LogP contribution in [0.15, 0.2) is 0 Å². The Morgan fingerprint density at radius 1 is 1.56 bits per heavy atom. The predicted molar refractivity (Wildman–Crippen MR) is 63.1 cm³/mol. The van der Waals surface area contributed by atoms with Crippen molar-refractivity contribution < 1.29 is 9.00 Å². The molecule has 0 aromatic carbocycles. The van der Waals surface area contributed by atoms with Gasteiger partial charge in [0, 0.05) is 28.3 Å². The van der Waals surface area contributed by atoms with E-state index in [0.717, 1.165) is 12.8 Å². The van der Waals surface area contributed by atoms with Gasteiger partial charge in [-0.15, -0.1) is 0 Å². The van der Waals surface area contributed by atoms with Crippen LogP contribution in [0, 0.1) is 16.7 Å². The Kier molecular flexibility index (Phi) is 4.48. The summed E-state index contributed by atoms with van der Waals surface area (Å²) >= 11 is 0. The molecule has 90 valence electrons. The smallest absolute Gasteiger partial charge is 0.240 e. The number of nitriles is 1. The Hall–Kier alpha value is -0.890. The molecule has 1 saturated heterocycles. The van der Waals surface area contributed by atoms with E-state index < -0.39 is 16.2 Å². The molecule has 1 fully saturated rings. The van der Waals surface area contributed by atoms with Crippen molar-refractivity contribution in [3.8, 4) is 6.07 Å². The van der Waals surface area contributed by atoms with Crippen molar-refractivity contribution >= 4 is 16.7 Å². The lowest BCUT2D eigenvalue weighted by atomic mass is 9.88. The molecule has 1 N–H and O–H groups in total. The number of nitrogens with zero attached hydrogens (tertiary/aromatic N) is 1. The van der Waals surface area contributed by atoms with E-state index in [4.69, 9.17) is 5.26 Å². The number of rotatable bonds is 3. The maximum Gasteiger partial charge on any atom is 0.240 e. The van der Waals surface area contributed by atoms with Crippen LogP contribution in [0.5, 0.6) is 0 Å². The van der Waals surface area contributed by atoms with Crippen LogP contribution in [-0.4, -0.2) is 27.7 Å². The highest BCUT2D eigenvalue weighted by molar-refractivity contribution is 7.85. The van der Waals surface area contributed by atoms with Crippen LogP contribution in [0.4, 0.5) is 0 Å². The molecule has 1 rings (SSSR count). The monoisotopic (exact) mass is 242 g/mol. The van der Waals surface area contributed by atoms with Crippen molar-refractivity contribution in [2.24, 2.45) is 5.41 Å². The Bertz CT molecular complexity index is 327. The zero-order valence-corrected chi connectivity index (χ0v) is 10.6. The van der Waals surface area contributed by atoms with E-state index in [1.165, 1.54) is 0 Å². The summed E-state index contributed by atoms with van der Waals surface area (Å²) < 4.78 is 11.1. The Labute approximate surface area is 98.9 Å². The zero-order valence-electron chi connectivity index (χ0n) is 9.78. The highest BCUT2D eigenvalue weighted by Crippen LogP contribution is 2.21. The topological polar surface area (TPSA) is 70.0 Å². The molecular weight excluding hydrogens is 224 g/mol. The number of hydrogen-bond acceptors (Lipinski definition) is 3. The van der Waals surface area contributed by atoms with E-state index in [2.05, 4.69) is 11.4 Å². The van der Waals surface area contributed by atoms with Crippen molar-refractivity contribution in [3.05, 3.63) is 0 Å². The van der Waals surface area contributed by atoms with Crippen LogP contribution >= 0.6 is 0 Å². The molecule has 0 spiro atoms. The SMILES string of the molecule is CCC(C)(C#N)C(=O)NC1CCS(=O)CC1. The Morgan fingerprint density at radius 2 is 2.12 bits per heavy atom. The third-order valence-corrected chi connectivity index (χ3v) is 4.56. The van der Waals surface area contributed by atoms with Crippen LogP contribution in [0.3, 0.4) is 0 Å². The van der Waals surface area contributed by atoms with Gasteiger partial charge in [-0.2, -0.15) is 5.26 Å². The van der Waals surface area contributed by atoms with Gasteiger partial charge in [0.2, 0.25) is 5.91 Å². The maximum atomic E-state index is 11.9. The normalized spacial score (nSPS) is 28.8. The first kappa shape index (κ1) is 13.2. The number of nitrogens with one attached hydrogen (secondary N) is 1. The first-order chi connectivity index (χ1) is 7.51. The molecule has 1 amide bonds. The summed E-state index contributed by atoms with van der Waals surface area (Å²) in [6, 6.07) is 2.14. The van der Waals surface area contributed by atoms with E-state index in [1.807, 2.05) is 6.92 Å². The molecule has 0 aliphatic carbocycles. The minimum absolute atomic E-state index is 0.0874. The number of amides is 1. The molecule has 0 saturated carbocycles. The summed E-state index contributed by atoms with van der Waals surface area (Å²) in [6.45, 7) is 3.49. The predicted octanol–water partition coefficient (Wildman–Crippen LogP) is 0.954. The molecule has 5 heteroatoms. The van der Waals surface area contributed by atoms with Crippen LogP contribution in [0.1, 0.15) is 33.1 Å². The third kappa shape index (κ3) is 3.05. The van der Waals surface area contributed by atoms with Gasteiger partial charge in [0.25, 0.3) is 0 Å². The number of carbonyl (C=O) groups is 1. The highest BCUT2D eigenvalue weighted by Gasteiger charge is 2.33. The molecule has 1 aliphatic rings. The zero-order chi connectivity index (χ0) is 12.2. The molecule has 1 heterocycles. The third-order valence-electron chi connectivity index (χ3n) is 3.18. The van der Waals surface area contributed by atoms with Crippen molar-refractivity contribution in [1.82, 2.24) is 5.32 Å². The van der Waals surface area contributed by atoms with E-state index in [9.17, 15) is 9.00 Å². The fourth-order valence-corrected chi connectivity index (χ4v) is 2.87. The summed E-state index contributed by atoms with van der Waals surface area (Å²) in [6.07, 6.45) is 2.02. The first-order valence-corrected chi connectivity index (χ1v) is 7.08. The van der Waals surface area contributed by atoms with E-state index in [0.29, 0.717) is 17.9 Å². The average molecular weight is 242 g/mol. The van der Waals surface area contributed by atoms with Crippen LogP contribution in [0.25, 0.3) is 0 Å². The van der Waals surface area contributed by atoms with Gasteiger partial charge in [0.1, 0.15) is 5.41 Å². The first-order valence-electron chi connectivity index (χ1n) is 5.59. The van der Waals surface area contributed by atoms with Crippen molar-refractivity contribution in [2.45, 2.75) is 39.2 Å². The maximum absolute atomic E-state index is 11.9. The van der Waals surface area contributed by atoms with Gasteiger partial charge in [0.15, 0.2) is 0 Å². The largest absolute Gasteiger partial charge is 0.352 e. The molecular formula is C11H18N2O2S. The molecule has 4 nitrogen and oxygen atoms in total. The lowest BCUT2D eigenvalue weighted by Gasteiger charge is -2.26. The van der Waals surface area contributed by atoms with Gasteiger partial charge in [-0.05, 0) is 26.2 Å². The minimum atomic E-state index is -0.934. The summed E-state index contributed by atoms with van der Waals surface area (Å²) in [5, 5.41) is 11.9. The molecule has 1 atom stereocenters. The van der Waals surface area contributed by atoms with Crippen LogP contribution in [-0.2, 0) is 15.6 Å². The molecule has 0 bridgehead atoms. The summed E-state index contributed by atoms with van der Waals surface area (Å²) in [5.74, 6) is 1.11. The second-order valence-electron chi connectivity index (χ2n) is 4.39. The van der Waals surface area contributed by atoms with Gasteiger partial charge in [-0.3, -0.25) is 9.00 Å². The van der Waals surface area contributed by atoms with E-state index in [-0.39, 0.29) is 11.9 Å². The summed E-state index contributed by atoms with van der Waals surface area (Å²) in [7, 11) is -0.717. The Balaban J connectivity index is 2.52. The van der Waals surface area contributed by atoms with Gasteiger partial charge in [-0.1, -0.05) is 6.92 Å². The van der Waals surface area contributed by atoms with Crippen molar-refractivity contribution in [1.29, 1.82) is 5.26 Å². The van der Waals surface area contributed by atoms with Gasteiger partial charge in [0.05, 0.1) is 6.07 Å². The number of hydrogen-bond donors (Lipinski definition) is 1. The van der Waals surface area contributed by atoms with Crippen molar-refractivity contribution in [3.63, 3.8) is 0 Å². The lowest BCUT2D eigenvalue weighted by Crippen LogP contribution is -2.45. The van der Waals surface area contributed by atoms with Crippen LogP contribution in [0.2, 0.25) is 0 Å². The van der Waals surface area contributed by atoms with Crippen LogP contribution < -0.4 is 5.32 Å². The standard InChI is InChI=1S/C11H18N2O2S/c1-3-11(2,8-12)10(14)13-9-4-6-16(15)7-5-9/h9H,3-7H2,1-2H3,(H,13,14). The molecule has 1 unspecified atom stereocenters. The molecule has 1 aliphatic heterocycles. The second-order valence-corrected chi connectivity index (χ2v) is 6.09. The summed E-state index contributed by atoms with van der Waals surface area (Å²) in [5.41, 5.74) is -0.934. The van der Waals surface area contributed by atoms with Gasteiger partial charge >= 0.3 is 0 Å². The fraction of sp³-hybridized carbons (Fsp3) is 0.818. The second kappa shape index (κ2) is 5.44.